The van der Waals surface area contributed by atoms with Gasteiger partial charge in [0.05, 0.1) is 26.6 Å². The number of quaternary nitrogens is 1. The van der Waals surface area contributed by atoms with Gasteiger partial charge in [0, 0.05) is 6.42 Å². The average molecular weight is 398 g/mol. The van der Waals surface area contributed by atoms with Crippen molar-refractivity contribution in [2.24, 2.45) is 0 Å². The summed E-state index contributed by atoms with van der Waals surface area (Å²) in [6.07, 6.45) is 22.6. The summed E-state index contributed by atoms with van der Waals surface area (Å²) < 4.78 is 0.579. The fourth-order valence-electron chi connectivity index (χ4n) is 4.21. The fourth-order valence-corrected chi connectivity index (χ4v) is 4.21. The van der Waals surface area contributed by atoms with Gasteiger partial charge in [0.1, 0.15) is 6.04 Å². The van der Waals surface area contributed by atoms with Crippen LogP contribution in [0.15, 0.2) is 0 Å². The first-order valence-corrected chi connectivity index (χ1v) is 12.5. The smallest absolute Gasteiger partial charge is 0.129 e. The molecular weight excluding hydrogens is 346 g/mol. The molecule has 0 rings (SSSR count). The lowest BCUT2D eigenvalue weighted by Crippen LogP contribution is -2.57. The summed E-state index contributed by atoms with van der Waals surface area (Å²) in [7, 11) is 4.16. The van der Waals surface area contributed by atoms with Gasteiger partial charge in [-0.25, -0.2) is 0 Å². The molecule has 3 nitrogen and oxygen atoms in total. The van der Waals surface area contributed by atoms with Gasteiger partial charge in [-0.2, -0.15) is 0 Å². The lowest BCUT2D eigenvalue weighted by atomic mass is 10.0. The molecule has 28 heavy (non-hydrogen) atoms. The maximum atomic E-state index is 11.7. The number of carbonyl (C=O) groups excluding carboxylic acids is 1. The predicted molar refractivity (Wildman–Crippen MR) is 120 cm³/mol. The number of likely N-dealkylation sites (N-methyl/N-ethyl adjacent to an activating group) is 1. The molecular formula is C25H51NO2. The largest absolute Gasteiger partial charge is 0.544 e. The highest BCUT2D eigenvalue weighted by Gasteiger charge is 2.28. The topological polar surface area (TPSA) is 40.1 Å². The Morgan fingerprint density at radius 1 is 0.643 bits per heavy atom. The second-order valence-electron chi connectivity index (χ2n) is 9.43. The second-order valence-corrected chi connectivity index (χ2v) is 9.43. The van der Waals surface area contributed by atoms with Crippen LogP contribution in [0.3, 0.4) is 0 Å². The Morgan fingerprint density at radius 3 is 1.39 bits per heavy atom. The third-order valence-electron chi connectivity index (χ3n) is 6.28. The minimum absolute atomic E-state index is 0.353. The summed E-state index contributed by atoms with van der Waals surface area (Å²) in [6, 6.07) is -0.353. The molecule has 0 aliphatic rings. The van der Waals surface area contributed by atoms with E-state index < -0.39 is 5.97 Å². The molecule has 0 N–H and O–H groups in total. The van der Waals surface area contributed by atoms with Crippen LogP contribution in [0.1, 0.15) is 129 Å². The van der Waals surface area contributed by atoms with Crippen molar-refractivity contribution in [2.75, 3.05) is 20.6 Å². The Kier molecular flexibility index (Phi) is 18.1. The molecule has 1 atom stereocenters. The first kappa shape index (κ1) is 27.4. The standard InChI is InChI=1S/C25H51NO2/c1-5-7-9-11-13-14-15-17-19-21-23-26(3,4)24(25(27)28)22-20-18-16-12-10-8-6-2/h24H,5-23H2,1-4H3. The van der Waals surface area contributed by atoms with Gasteiger partial charge in [-0.3, -0.25) is 0 Å². The Morgan fingerprint density at radius 2 is 1.00 bits per heavy atom. The molecule has 0 spiro atoms. The number of carboxylic acids is 1. The normalized spacial score (nSPS) is 13.0. The van der Waals surface area contributed by atoms with Crippen LogP contribution in [0.5, 0.6) is 0 Å². The quantitative estimate of drug-likeness (QED) is 0.170. The van der Waals surface area contributed by atoms with Crippen LogP contribution in [0.2, 0.25) is 0 Å². The maximum absolute atomic E-state index is 11.7. The van der Waals surface area contributed by atoms with Crippen molar-refractivity contribution in [3.63, 3.8) is 0 Å². The van der Waals surface area contributed by atoms with Gasteiger partial charge in [-0.15, -0.1) is 0 Å². The number of carbonyl (C=O) groups is 1. The summed E-state index contributed by atoms with van der Waals surface area (Å²) in [6.45, 7) is 5.45. The van der Waals surface area contributed by atoms with E-state index in [1.807, 2.05) is 0 Å². The zero-order valence-corrected chi connectivity index (χ0v) is 19.8. The number of hydrogen-bond acceptors (Lipinski definition) is 2. The number of nitrogens with zero attached hydrogens (tertiary/aromatic N) is 1. The van der Waals surface area contributed by atoms with Crippen molar-refractivity contribution in [1.29, 1.82) is 0 Å². The molecule has 0 aliphatic carbocycles. The van der Waals surface area contributed by atoms with E-state index in [2.05, 4.69) is 27.9 Å². The van der Waals surface area contributed by atoms with Crippen molar-refractivity contribution in [3.8, 4) is 0 Å². The van der Waals surface area contributed by atoms with E-state index in [4.69, 9.17) is 0 Å². The Balaban J connectivity index is 3.87. The summed E-state index contributed by atoms with van der Waals surface area (Å²) >= 11 is 0. The molecule has 1 unspecified atom stereocenters. The molecule has 0 heterocycles. The van der Waals surface area contributed by atoms with Gasteiger partial charge in [0.15, 0.2) is 0 Å². The van der Waals surface area contributed by atoms with Gasteiger partial charge < -0.3 is 14.4 Å². The zero-order chi connectivity index (χ0) is 21.1. The third kappa shape index (κ3) is 15.4. The van der Waals surface area contributed by atoms with Crippen LogP contribution in [0, 0.1) is 0 Å². The molecule has 0 aromatic carbocycles. The summed E-state index contributed by atoms with van der Waals surface area (Å²) in [5.74, 6) is -0.858. The number of aliphatic carboxylic acids is 1. The number of unbranched alkanes of at least 4 members (excludes halogenated alkanes) is 15. The Hall–Kier alpha value is -0.570. The van der Waals surface area contributed by atoms with Crippen molar-refractivity contribution in [2.45, 2.75) is 135 Å². The number of rotatable bonds is 21. The van der Waals surface area contributed by atoms with Crippen molar-refractivity contribution >= 4 is 5.97 Å². The van der Waals surface area contributed by atoms with E-state index in [0.29, 0.717) is 4.48 Å². The van der Waals surface area contributed by atoms with Gasteiger partial charge in [0.25, 0.3) is 0 Å². The van der Waals surface area contributed by atoms with Crippen LogP contribution < -0.4 is 5.11 Å². The average Bonchev–Trinajstić information content (AvgIpc) is 2.65. The lowest BCUT2D eigenvalue weighted by molar-refractivity contribution is -0.909. The minimum atomic E-state index is -0.858. The number of hydrogen-bond donors (Lipinski definition) is 0. The molecule has 0 saturated carbocycles. The Bertz CT molecular complexity index is 354. The zero-order valence-electron chi connectivity index (χ0n) is 19.8. The van der Waals surface area contributed by atoms with Crippen LogP contribution in [-0.2, 0) is 4.79 Å². The number of carboxylic acid groups (broad SMARTS) is 1. The monoisotopic (exact) mass is 397 g/mol. The lowest BCUT2D eigenvalue weighted by Gasteiger charge is -2.39. The highest BCUT2D eigenvalue weighted by Crippen LogP contribution is 2.18. The van der Waals surface area contributed by atoms with Gasteiger partial charge in [-0.1, -0.05) is 104 Å². The summed E-state index contributed by atoms with van der Waals surface area (Å²) in [5, 5.41) is 11.7. The highest BCUT2D eigenvalue weighted by molar-refractivity contribution is 5.69. The van der Waals surface area contributed by atoms with Crippen LogP contribution in [0.4, 0.5) is 0 Å². The molecule has 0 fully saturated rings. The summed E-state index contributed by atoms with van der Waals surface area (Å²) in [4.78, 5) is 11.7. The minimum Gasteiger partial charge on any atom is -0.544 e. The second kappa shape index (κ2) is 18.5. The first-order chi connectivity index (χ1) is 13.5. The Labute approximate surface area is 176 Å². The van der Waals surface area contributed by atoms with Crippen LogP contribution >= 0.6 is 0 Å². The maximum Gasteiger partial charge on any atom is 0.129 e. The third-order valence-corrected chi connectivity index (χ3v) is 6.28. The van der Waals surface area contributed by atoms with E-state index >= 15 is 0 Å². The summed E-state index contributed by atoms with van der Waals surface area (Å²) in [5.41, 5.74) is 0. The van der Waals surface area contributed by atoms with E-state index in [9.17, 15) is 9.90 Å². The molecule has 0 aliphatic heterocycles. The van der Waals surface area contributed by atoms with E-state index in [-0.39, 0.29) is 6.04 Å². The van der Waals surface area contributed by atoms with Crippen LogP contribution in [0.25, 0.3) is 0 Å². The van der Waals surface area contributed by atoms with Crippen molar-refractivity contribution in [3.05, 3.63) is 0 Å². The van der Waals surface area contributed by atoms with Gasteiger partial charge in [-0.05, 0) is 19.3 Å². The van der Waals surface area contributed by atoms with Crippen molar-refractivity contribution in [1.82, 2.24) is 0 Å². The van der Waals surface area contributed by atoms with Gasteiger partial charge >= 0.3 is 0 Å². The SMILES string of the molecule is CCCCCCCCCCCC[N+](C)(C)C(CCCCCCCCC)C(=O)[O-]. The molecule has 0 saturated heterocycles. The van der Waals surface area contributed by atoms with Gasteiger partial charge in [0.2, 0.25) is 0 Å². The molecule has 0 aromatic rings. The molecule has 168 valence electrons. The molecule has 0 bridgehead atoms. The highest BCUT2D eigenvalue weighted by atomic mass is 16.4. The van der Waals surface area contributed by atoms with Crippen molar-refractivity contribution < 1.29 is 14.4 Å². The molecule has 3 heteroatoms. The molecule has 0 amide bonds. The molecule has 0 aromatic heterocycles. The first-order valence-electron chi connectivity index (χ1n) is 12.5. The van der Waals surface area contributed by atoms with E-state index in [0.717, 1.165) is 32.2 Å². The predicted octanol–water partition coefficient (Wildman–Crippen LogP) is 6.24. The van der Waals surface area contributed by atoms with E-state index in [1.54, 1.807) is 0 Å². The van der Waals surface area contributed by atoms with Crippen LogP contribution in [-0.4, -0.2) is 37.1 Å². The fraction of sp³-hybridized carbons (Fsp3) is 0.960. The molecule has 0 radical (unpaired) electrons. The van der Waals surface area contributed by atoms with E-state index in [1.165, 1.54) is 89.9 Å².